The highest BCUT2D eigenvalue weighted by Crippen LogP contribution is 2.25. The van der Waals surface area contributed by atoms with Crippen LogP contribution in [-0.2, 0) is 0 Å². The standard InChI is InChI=1S/C14H16BrF2NO/c1-8-5-10(13(17)6-12(8)16)14(19)18-4-3-11(15)9(2)7-18/h5-6,9,11H,3-4,7H2,1-2H3. The number of benzene rings is 1. The zero-order chi connectivity index (χ0) is 14.2. The highest BCUT2D eigenvalue weighted by Gasteiger charge is 2.29. The Labute approximate surface area is 119 Å². The van der Waals surface area contributed by atoms with Gasteiger partial charge in [-0.1, -0.05) is 22.9 Å². The molecule has 1 aromatic rings. The first-order valence-corrected chi connectivity index (χ1v) is 7.20. The molecule has 0 spiro atoms. The molecule has 0 aromatic heterocycles. The van der Waals surface area contributed by atoms with Crippen LogP contribution in [0.1, 0.15) is 29.3 Å². The van der Waals surface area contributed by atoms with Gasteiger partial charge in [-0.25, -0.2) is 8.78 Å². The third kappa shape index (κ3) is 2.96. The summed E-state index contributed by atoms with van der Waals surface area (Å²) in [6, 6.07) is 2.07. The first kappa shape index (κ1) is 14.4. The van der Waals surface area contributed by atoms with Gasteiger partial charge in [0.05, 0.1) is 5.56 Å². The maximum atomic E-state index is 13.7. The van der Waals surface area contributed by atoms with E-state index in [1.807, 2.05) is 6.92 Å². The maximum absolute atomic E-state index is 13.7. The minimum atomic E-state index is -0.790. The zero-order valence-electron chi connectivity index (χ0n) is 10.9. The highest BCUT2D eigenvalue weighted by atomic mass is 79.9. The van der Waals surface area contributed by atoms with Crippen LogP contribution in [0.2, 0.25) is 0 Å². The molecule has 0 N–H and O–H groups in total. The summed E-state index contributed by atoms with van der Waals surface area (Å²) in [7, 11) is 0. The lowest BCUT2D eigenvalue weighted by Gasteiger charge is -2.34. The van der Waals surface area contributed by atoms with E-state index in [0.717, 1.165) is 12.5 Å². The second-order valence-corrected chi connectivity index (χ2v) is 6.29. The van der Waals surface area contributed by atoms with Gasteiger partial charge in [-0.3, -0.25) is 4.79 Å². The number of aryl methyl sites for hydroxylation is 1. The first-order chi connectivity index (χ1) is 8.90. The van der Waals surface area contributed by atoms with Crippen LogP contribution < -0.4 is 0 Å². The number of alkyl halides is 1. The fourth-order valence-corrected chi connectivity index (χ4v) is 2.66. The lowest BCUT2D eigenvalue weighted by molar-refractivity contribution is 0.0685. The molecule has 2 nitrogen and oxygen atoms in total. The number of hydrogen-bond acceptors (Lipinski definition) is 1. The van der Waals surface area contributed by atoms with Crippen molar-refractivity contribution < 1.29 is 13.6 Å². The molecular formula is C14H16BrF2NO. The van der Waals surface area contributed by atoms with Crippen molar-refractivity contribution in [2.75, 3.05) is 13.1 Å². The van der Waals surface area contributed by atoms with Crippen LogP contribution in [0.25, 0.3) is 0 Å². The van der Waals surface area contributed by atoms with Crippen molar-refractivity contribution in [3.63, 3.8) is 0 Å². The highest BCUT2D eigenvalue weighted by molar-refractivity contribution is 9.09. The predicted molar refractivity (Wildman–Crippen MR) is 73.5 cm³/mol. The van der Waals surface area contributed by atoms with E-state index in [2.05, 4.69) is 15.9 Å². The molecule has 1 aromatic carbocycles. The molecule has 0 bridgehead atoms. The molecule has 1 heterocycles. The van der Waals surface area contributed by atoms with Crippen LogP contribution in [0.15, 0.2) is 12.1 Å². The predicted octanol–water partition coefficient (Wildman–Crippen LogP) is 3.52. The van der Waals surface area contributed by atoms with Gasteiger partial charge in [0.15, 0.2) is 0 Å². The Bertz CT molecular complexity index is 506. The summed E-state index contributed by atoms with van der Waals surface area (Å²) in [4.78, 5) is 14.3. The van der Waals surface area contributed by atoms with Crippen molar-refractivity contribution in [2.45, 2.75) is 25.1 Å². The third-order valence-corrected chi connectivity index (χ3v) is 4.93. The Morgan fingerprint density at radius 1 is 1.37 bits per heavy atom. The minimum absolute atomic E-state index is 0.0425. The molecule has 2 rings (SSSR count). The summed E-state index contributed by atoms with van der Waals surface area (Å²) in [5.41, 5.74) is 0.243. The van der Waals surface area contributed by atoms with Crippen LogP contribution in [0.3, 0.4) is 0 Å². The SMILES string of the molecule is Cc1cc(C(=O)N2CCC(Br)C(C)C2)c(F)cc1F. The van der Waals surface area contributed by atoms with Crippen LogP contribution in [0.4, 0.5) is 8.78 Å². The first-order valence-electron chi connectivity index (χ1n) is 6.29. The van der Waals surface area contributed by atoms with Crippen molar-refractivity contribution in [1.29, 1.82) is 0 Å². The van der Waals surface area contributed by atoms with Crippen LogP contribution >= 0.6 is 15.9 Å². The Kier molecular flexibility index (Phi) is 4.23. The smallest absolute Gasteiger partial charge is 0.256 e. The van der Waals surface area contributed by atoms with Gasteiger partial charge in [-0.15, -0.1) is 0 Å². The van der Waals surface area contributed by atoms with Gasteiger partial charge in [0.25, 0.3) is 5.91 Å². The molecule has 0 saturated carbocycles. The Morgan fingerprint density at radius 2 is 2.05 bits per heavy atom. The number of rotatable bonds is 1. The second kappa shape index (κ2) is 5.57. The van der Waals surface area contributed by atoms with Crippen LogP contribution in [-0.4, -0.2) is 28.7 Å². The van der Waals surface area contributed by atoms with Gasteiger partial charge in [-0.2, -0.15) is 0 Å². The van der Waals surface area contributed by atoms with E-state index in [1.165, 1.54) is 13.0 Å². The normalized spacial score (nSPS) is 23.5. The quantitative estimate of drug-likeness (QED) is 0.721. The van der Waals surface area contributed by atoms with Crippen LogP contribution in [0, 0.1) is 24.5 Å². The van der Waals surface area contributed by atoms with Gasteiger partial charge in [0.1, 0.15) is 11.6 Å². The van der Waals surface area contributed by atoms with E-state index in [9.17, 15) is 13.6 Å². The van der Waals surface area contributed by atoms with Crippen molar-refractivity contribution in [3.05, 3.63) is 34.9 Å². The molecule has 1 saturated heterocycles. The molecule has 104 valence electrons. The Balaban J connectivity index is 2.23. The lowest BCUT2D eigenvalue weighted by atomic mass is 9.99. The van der Waals surface area contributed by atoms with Gasteiger partial charge in [0, 0.05) is 24.0 Å². The van der Waals surface area contributed by atoms with E-state index in [4.69, 9.17) is 0 Å². The number of piperidine rings is 1. The van der Waals surface area contributed by atoms with Gasteiger partial charge in [-0.05, 0) is 30.9 Å². The van der Waals surface area contributed by atoms with Crippen molar-refractivity contribution in [1.82, 2.24) is 4.90 Å². The van der Waals surface area contributed by atoms with E-state index >= 15 is 0 Å². The second-order valence-electron chi connectivity index (χ2n) is 5.11. The Hall–Kier alpha value is -0.970. The molecule has 1 fully saturated rings. The average molecular weight is 332 g/mol. The fraction of sp³-hybridized carbons (Fsp3) is 0.500. The van der Waals surface area contributed by atoms with E-state index < -0.39 is 11.6 Å². The van der Waals surface area contributed by atoms with Crippen molar-refractivity contribution in [3.8, 4) is 0 Å². The molecule has 2 unspecified atom stereocenters. The van der Waals surface area contributed by atoms with Gasteiger partial charge in [0.2, 0.25) is 0 Å². The third-order valence-electron chi connectivity index (χ3n) is 3.57. The Morgan fingerprint density at radius 3 is 2.68 bits per heavy atom. The zero-order valence-corrected chi connectivity index (χ0v) is 12.5. The number of halogens is 3. The minimum Gasteiger partial charge on any atom is -0.338 e. The number of hydrogen-bond donors (Lipinski definition) is 0. The summed E-state index contributed by atoms with van der Waals surface area (Å²) < 4.78 is 26.9. The number of nitrogens with zero attached hydrogens (tertiary/aromatic N) is 1. The number of carbonyl (C=O) groups excluding carboxylic acids is 1. The topological polar surface area (TPSA) is 20.3 Å². The van der Waals surface area contributed by atoms with E-state index in [0.29, 0.717) is 23.8 Å². The monoisotopic (exact) mass is 331 g/mol. The number of likely N-dealkylation sites (tertiary alicyclic amines) is 1. The van der Waals surface area contributed by atoms with Crippen LogP contribution in [0.5, 0.6) is 0 Å². The number of amides is 1. The molecule has 19 heavy (non-hydrogen) atoms. The molecule has 1 aliphatic heterocycles. The maximum Gasteiger partial charge on any atom is 0.256 e. The molecular weight excluding hydrogens is 316 g/mol. The summed E-state index contributed by atoms with van der Waals surface area (Å²) >= 11 is 3.56. The van der Waals surface area contributed by atoms with Gasteiger partial charge < -0.3 is 4.90 Å². The molecule has 1 aliphatic rings. The summed E-state index contributed by atoms with van der Waals surface area (Å²) in [6.07, 6.45) is 0.842. The van der Waals surface area contributed by atoms with Crippen molar-refractivity contribution in [2.24, 2.45) is 5.92 Å². The molecule has 1 amide bonds. The van der Waals surface area contributed by atoms with E-state index in [-0.39, 0.29) is 17.0 Å². The van der Waals surface area contributed by atoms with Crippen molar-refractivity contribution >= 4 is 21.8 Å². The largest absolute Gasteiger partial charge is 0.338 e. The molecule has 0 aliphatic carbocycles. The van der Waals surface area contributed by atoms with E-state index in [1.54, 1.807) is 4.90 Å². The summed E-state index contributed by atoms with van der Waals surface area (Å²) in [6.45, 7) is 4.75. The average Bonchev–Trinajstić information content (AvgIpc) is 2.36. The van der Waals surface area contributed by atoms with Gasteiger partial charge >= 0.3 is 0 Å². The molecule has 5 heteroatoms. The fourth-order valence-electron chi connectivity index (χ4n) is 2.29. The molecule has 2 atom stereocenters. The molecule has 0 radical (unpaired) electrons. The number of carbonyl (C=O) groups is 1. The lowest BCUT2D eigenvalue weighted by Crippen LogP contribution is -2.43. The summed E-state index contributed by atoms with van der Waals surface area (Å²) in [5.74, 6) is -1.45. The summed E-state index contributed by atoms with van der Waals surface area (Å²) in [5, 5.41) is 0.